The normalized spacial score (nSPS) is 11.1. The van der Waals surface area contributed by atoms with E-state index in [-0.39, 0.29) is 7.43 Å². The molecule has 0 fully saturated rings. The maximum absolute atomic E-state index is 13.0. The Bertz CT molecular complexity index is 1560. The molecule has 45 heavy (non-hydrogen) atoms. The van der Waals surface area contributed by atoms with Crippen molar-refractivity contribution in [1.82, 2.24) is 10.1 Å². The van der Waals surface area contributed by atoms with Gasteiger partial charge in [-0.1, -0.05) is 94.7 Å². The molecular formula is C37H48ClN3O4. The molecule has 2 aromatic heterocycles. The number of aryl methyl sites for hydroxylation is 3. The molecule has 0 radical (unpaired) electrons. The summed E-state index contributed by atoms with van der Waals surface area (Å²) in [6.07, 6.45) is 0.149. The van der Waals surface area contributed by atoms with Crippen molar-refractivity contribution in [2.24, 2.45) is 0 Å². The van der Waals surface area contributed by atoms with Crippen molar-refractivity contribution in [3.05, 3.63) is 81.8 Å². The lowest BCUT2D eigenvalue weighted by atomic mass is 9.88. The van der Waals surface area contributed by atoms with Crippen LogP contribution < -0.4 is 0 Å². The molecule has 2 heterocycles. The summed E-state index contributed by atoms with van der Waals surface area (Å²) in [5, 5.41) is 15.1. The Labute approximate surface area is 274 Å². The van der Waals surface area contributed by atoms with Gasteiger partial charge in [-0.3, -0.25) is 4.98 Å². The number of esters is 1. The number of ether oxygens (including phenoxy) is 2. The van der Waals surface area contributed by atoms with Gasteiger partial charge in [0.1, 0.15) is 11.8 Å². The van der Waals surface area contributed by atoms with Crippen LogP contribution in [0.3, 0.4) is 0 Å². The summed E-state index contributed by atoms with van der Waals surface area (Å²) in [5.41, 5.74) is 5.84. The van der Waals surface area contributed by atoms with Gasteiger partial charge in [0, 0.05) is 33.0 Å². The van der Waals surface area contributed by atoms with Crippen LogP contribution in [0, 0.1) is 32.1 Å². The molecule has 0 aliphatic rings. The maximum atomic E-state index is 13.0. The highest BCUT2D eigenvalue weighted by Crippen LogP contribution is 2.41. The second-order valence-electron chi connectivity index (χ2n) is 10.9. The topological polar surface area (TPSA) is 98.2 Å². The van der Waals surface area contributed by atoms with Gasteiger partial charge >= 0.3 is 5.97 Å². The van der Waals surface area contributed by atoms with E-state index in [1.165, 1.54) is 13.5 Å². The minimum atomic E-state index is -1.10. The van der Waals surface area contributed by atoms with Crippen LogP contribution in [0.15, 0.2) is 53.1 Å². The first kappa shape index (κ1) is 39.0. The minimum absolute atomic E-state index is 0. The van der Waals surface area contributed by atoms with Crippen LogP contribution in [0.1, 0.15) is 96.7 Å². The number of nitriles is 1. The van der Waals surface area contributed by atoms with Gasteiger partial charge in [-0.25, -0.2) is 4.79 Å². The number of aromatic nitrogens is 2. The number of hydrogen-bond acceptors (Lipinski definition) is 7. The van der Waals surface area contributed by atoms with Crippen LogP contribution in [-0.4, -0.2) is 28.8 Å². The largest absolute Gasteiger partial charge is 0.467 e. The lowest BCUT2D eigenvalue weighted by Crippen LogP contribution is -2.29. The van der Waals surface area contributed by atoms with Crippen molar-refractivity contribution >= 4 is 17.6 Å². The monoisotopic (exact) mass is 633 g/mol. The molecule has 4 rings (SSSR count). The molecule has 2 aromatic carbocycles. The molecule has 0 saturated carbocycles. The molecule has 0 aliphatic heterocycles. The Morgan fingerprint density at radius 2 is 1.42 bits per heavy atom. The number of carbonyl (C=O) groups excluding carboxylic acids is 1. The van der Waals surface area contributed by atoms with E-state index in [1.54, 1.807) is 19.1 Å². The summed E-state index contributed by atoms with van der Waals surface area (Å²) in [7, 11) is 1.31. The van der Waals surface area contributed by atoms with Crippen LogP contribution in [0.25, 0.3) is 33.5 Å². The average Bonchev–Trinajstić information content (AvgIpc) is 3.34. The van der Waals surface area contributed by atoms with E-state index in [2.05, 4.69) is 25.1 Å². The molecule has 0 unspecified atom stereocenters. The third-order valence-corrected chi connectivity index (χ3v) is 6.55. The highest BCUT2D eigenvalue weighted by atomic mass is 35.5. The van der Waals surface area contributed by atoms with Gasteiger partial charge in [-0.05, 0) is 64.8 Å². The summed E-state index contributed by atoms with van der Waals surface area (Å²) in [6.45, 7) is 19.4. The lowest BCUT2D eigenvalue weighted by Gasteiger charge is -2.29. The maximum Gasteiger partial charge on any atom is 0.339 e. The predicted octanol–water partition coefficient (Wildman–Crippen LogP) is 10.6. The van der Waals surface area contributed by atoms with Gasteiger partial charge in [-0.2, -0.15) is 5.26 Å². The van der Waals surface area contributed by atoms with Crippen molar-refractivity contribution in [3.63, 3.8) is 0 Å². The van der Waals surface area contributed by atoms with E-state index in [0.29, 0.717) is 38.7 Å². The Balaban J connectivity index is 0.00000159. The van der Waals surface area contributed by atoms with Crippen molar-refractivity contribution < 1.29 is 18.8 Å². The molecule has 8 heteroatoms. The number of carbonyl (C=O) groups is 1. The number of benzene rings is 2. The van der Waals surface area contributed by atoms with E-state index < -0.39 is 17.7 Å². The number of rotatable bonds is 6. The van der Waals surface area contributed by atoms with E-state index in [0.717, 1.165) is 28.1 Å². The quantitative estimate of drug-likeness (QED) is 0.195. The molecule has 1 atom stereocenters. The van der Waals surface area contributed by atoms with Crippen LogP contribution in [-0.2, 0) is 14.3 Å². The molecule has 0 amide bonds. The van der Waals surface area contributed by atoms with Gasteiger partial charge in [0.25, 0.3) is 0 Å². The second-order valence-corrected chi connectivity index (χ2v) is 11.4. The summed E-state index contributed by atoms with van der Waals surface area (Å²) in [5.74, 6) is 0.152. The molecular weight excluding hydrogens is 586 g/mol. The van der Waals surface area contributed by atoms with Crippen LogP contribution in [0.4, 0.5) is 0 Å². The van der Waals surface area contributed by atoms with Crippen LogP contribution in [0.5, 0.6) is 0 Å². The molecule has 0 bridgehead atoms. The standard InChI is InChI=1S/C31H30ClN3O4.C3H8.C2H6.CH4/c1-17-26(29(30(36)37-7)38-31(4,5)6)27(21-12-14-23(32)15-13-21)24(16-33)28(34-17)22-10-8-20(9-11-22)25-18(2)35-39-19(25)3;1-3-2;1-2;/h8-15,29H,1-7H3;3H2,1-2H3;1-2H3;1H4/t29-;;;/m0.../s1. The Kier molecular flexibility index (Phi) is 15.2. The fourth-order valence-corrected chi connectivity index (χ4v) is 4.77. The lowest BCUT2D eigenvalue weighted by molar-refractivity contribution is -0.164. The number of nitrogens with zero attached hydrogens (tertiary/aromatic N) is 3. The number of hydrogen-bond donors (Lipinski definition) is 0. The van der Waals surface area contributed by atoms with Gasteiger partial charge in [-0.15, -0.1) is 0 Å². The minimum Gasteiger partial charge on any atom is -0.467 e. The summed E-state index contributed by atoms with van der Waals surface area (Å²) in [4.78, 5) is 17.9. The van der Waals surface area contributed by atoms with Crippen molar-refractivity contribution in [3.8, 4) is 39.6 Å². The predicted molar refractivity (Wildman–Crippen MR) is 184 cm³/mol. The SMILES string of the molecule is C.CC.CCC.COC(=O)[C@@H](OC(C)(C)C)c1c(C)nc(-c2ccc(-c3c(C)noc3C)cc2)c(C#N)c1-c1ccc(Cl)cc1. The summed E-state index contributed by atoms with van der Waals surface area (Å²) in [6, 6.07) is 17.2. The number of pyridine rings is 1. The van der Waals surface area contributed by atoms with E-state index in [9.17, 15) is 10.1 Å². The van der Waals surface area contributed by atoms with Gasteiger partial charge in [0.05, 0.1) is 29.7 Å². The smallest absolute Gasteiger partial charge is 0.339 e. The van der Waals surface area contributed by atoms with Gasteiger partial charge in [0.15, 0.2) is 6.10 Å². The second kappa shape index (κ2) is 17.5. The fraction of sp³-hybridized carbons (Fsp3) is 0.405. The zero-order valence-corrected chi connectivity index (χ0v) is 28.5. The van der Waals surface area contributed by atoms with Crippen LogP contribution >= 0.6 is 11.6 Å². The first-order valence-electron chi connectivity index (χ1n) is 14.9. The highest BCUT2D eigenvalue weighted by molar-refractivity contribution is 6.30. The Hall–Kier alpha value is -3.99. The van der Waals surface area contributed by atoms with E-state index >= 15 is 0 Å². The summed E-state index contributed by atoms with van der Waals surface area (Å²) < 4.78 is 16.7. The first-order valence-corrected chi connectivity index (χ1v) is 15.2. The Morgan fingerprint density at radius 1 is 0.933 bits per heavy atom. The fourth-order valence-electron chi connectivity index (χ4n) is 4.65. The molecule has 0 spiro atoms. The summed E-state index contributed by atoms with van der Waals surface area (Å²) >= 11 is 6.19. The van der Waals surface area contributed by atoms with E-state index in [4.69, 9.17) is 30.6 Å². The van der Waals surface area contributed by atoms with Crippen LogP contribution in [0.2, 0.25) is 5.02 Å². The zero-order chi connectivity index (χ0) is 33.2. The third kappa shape index (κ3) is 9.50. The zero-order valence-electron chi connectivity index (χ0n) is 27.8. The first-order chi connectivity index (χ1) is 20.9. The molecule has 7 nitrogen and oxygen atoms in total. The highest BCUT2D eigenvalue weighted by Gasteiger charge is 2.34. The Morgan fingerprint density at radius 3 is 1.87 bits per heavy atom. The molecule has 242 valence electrons. The van der Waals surface area contributed by atoms with Gasteiger partial charge in [0.2, 0.25) is 0 Å². The number of halogens is 1. The van der Waals surface area contributed by atoms with E-state index in [1.807, 2.05) is 84.9 Å². The van der Waals surface area contributed by atoms with Gasteiger partial charge < -0.3 is 14.0 Å². The number of methoxy groups -OCH3 is 1. The molecule has 0 N–H and O–H groups in total. The molecule has 0 saturated heterocycles. The average molecular weight is 634 g/mol. The third-order valence-electron chi connectivity index (χ3n) is 6.30. The molecule has 0 aliphatic carbocycles. The van der Waals surface area contributed by atoms with Crippen molar-refractivity contribution in [2.75, 3.05) is 7.11 Å². The molecule has 4 aromatic rings. The van der Waals surface area contributed by atoms with Crippen molar-refractivity contribution in [2.45, 2.75) is 94.8 Å². The van der Waals surface area contributed by atoms with Crippen molar-refractivity contribution in [1.29, 1.82) is 5.26 Å².